The molecule has 1 aliphatic heterocycles. The highest BCUT2D eigenvalue weighted by atomic mass is 32.2. The molecule has 2 nitrogen and oxygen atoms in total. The summed E-state index contributed by atoms with van der Waals surface area (Å²) < 4.78 is 5.24. The van der Waals surface area contributed by atoms with Gasteiger partial charge in [-0.2, -0.15) is 0 Å². The molecule has 0 N–H and O–H groups in total. The molecule has 0 aromatic carbocycles. The van der Waals surface area contributed by atoms with Crippen molar-refractivity contribution >= 4 is 17.5 Å². The number of carbonyl (C=O) groups excluding carboxylic acids is 1. The molecule has 1 aliphatic rings. The van der Waals surface area contributed by atoms with Gasteiger partial charge in [0.05, 0.1) is 5.25 Å². The Labute approximate surface area is 78.1 Å². The van der Waals surface area contributed by atoms with E-state index in [4.69, 9.17) is 4.74 Å². The Morgan fingerprint density at radius 2 is 2.08 bits per heavy atom. The molecule has 1 atom stereocenters. The van der Waals surface area contributed by atoms with Gasteiger partial charge in [0.1, 0.15) is 5.78 Å². The zero-order valence-corrected chi connectivity index (χ0v) is 8.52. The van der Waals surface area contributed by atoms with Crippen molar-refractivity contribution in [3.05, 3.63) is 0 Å². The molecule has 3 heteroatoms. The van der Waals surface area contributed by atoms with Crippen LogP contribution in [0.25, 0.3) is 0 Å². The smallest absolute Gasteiger partial charge is 0.142 e. The minimum absolute atomic E-state index is 0.160. The summed E-state index contributed by atoms with van der Waals surface area (Å²) in [5, 5.41) is 0.797. The fourth-order valence-electron chi connectivity index (χ4n) is 1.20. The second-order valence-electron chi connectivity index (χ2n) is 3.20. The standard InChI is InChI=1S/C9H16O2S/c1-7(10)8(2)12-9-3-5-11-6-4-9/h8-9H,3-6H2,1-2H3. The number of carbonyl (C=O) groups is 1. The first-order chi connectivity index (χ1) is 5.70. The van der Waals surface area contributed by atoms with Crippen molar-refractivity contribution in [3.8, 4) is 0 Å². The summed E-state index contributed by atoms with van der Waals surface area (Å²) in [5.74, 6) is 0.284. The summed E-state index contributed by atoms with van der Waals surface area (Å²) in [6.45, 7) is 5.38. The largest absolute Gasteiger partial charge is 0.381 e. The number of hydrogen-bond donors (Lipinski definition) is 0. The SMILES string of the molecule is CC(=O)C(C)SC1CCOCC1. The van der Waals surface area contributed by atoms with Crippen molar-refractivity contribution < 1.29 is 9.53 Å². The second kappa shape index (κ2) is 4.87. The average molecular weight is 188 g/mol. The summed E-state index contributed by atoms with van der Waals surface area (Å²) >= 11 is 1.80. The van der Waals surface area contributed by atoms with Crippen LogP contribution in [0.4, 0.5) is 0 Å². The predicted molar refractivity (Wildman–Crippen MR) is 51.6 cm³/mol. The molecule has 0 bridgehead atoms. The maximum Gasteiger partial charge on any atom is 0.142 e. The molecule has 0 aromatic rings. The Morgan fingerprint density at radius 3 is 2.58 bits per heavy atom. The van der Waals surface area contributed by atoms with Crippen LogP contribution in [-0.4, -0.2) is 29.5 Å². The fourth-order valence-corrected chi connectivity index (χ4v) is 2.43. The summed E-state index contributed by atoms with van der Waals surface area (Å²) in [6.07, 6.45) is 2.20. The molecule has 12 heavy (non-hydrogen) atoms. The van der Waals surface area contributed by atoms with E-state index in [1.54, 1.807) is 18.7 Å². The first kappa shape index (κ1) is 10.1. The van der Waals surface area contributed by atoms with E-state index in [1.807, 2.05) is 6.92 Å². The molecule has 70 valence electrons. The van der Waals surface area contributed by atoms with Gasteiger partial charge in [0.25, 0.3) is 0 Å². The molecule has 1 heterocycles. The topological polar surface area (TPSA) is 26.3 Å². The lowest BCUT2D eigenvalue weighted by atomic mass is 10.2. The lowest BCUT2D eigenvalue weighted by molar-refractivity contribution is -0.116. The van der Waals surface area contributed by atoms with Crippen LogP contribution in [0.15, 0.2) is 0 Å². The fraction of sp³-hybridized carbons (Fsp3) is 0.889. The van der Waals surface area contributed by atoms with Crippen molar-refractivity contribution in [1.29, 1.82) is 0 Å². The Hall–Kier alpha value is -0.0200. The van der Waals surface area contributed by atoms with Gasteiger partial charge in [0.2, 0.25) is 0 Å². The summed E-state index contributed by atoms with van der Waals surface area (Å²) in [5.41, 5.74) is 0. The van der Waals surface area contributed by atoms with Crippen LogP contribution >= 0.6 is 11.8 Å². The van der Waals surface area contributed by atoms with E-state index in [9.17, 15) is 4.79 Å². The van der Waals surface area contributed by atoms with Gasteiger partial charge < -0.3 is 4.74 Å². The van der Waals surface area contributed by atoms with Crippen molar-refractivity contribution in [1.82, 2.24) is 0 Å². The Morgan fingerprint density at radius 1 is 1.50 bits per heavy atom. The Kier molecular flexibility index (Phi) is 4.09. The van der Waals surface area contributed by atoms with Gasteiger partial charge in [-0.3, -0.25) is 4.79 Å². The lowest BCUT2D eigenvalue weighted by Gasteiger charge is -2.23. The number of Topliss-reactive ketones (excluding diaryl/α,β-unsaturated/α-hetero) is 1. The molecule has 1 rings (SSSR count). The van der Waals surface area contributed by atoms with E-state index in [2.05, 4.69) is 0 Å². The summed E-state index contributed by atoms with van der Waals surface area (Å²) in [7, 11) is 0. The van der Waals surface area contributed by atoms with E-state index in [-0.39, 0.29) is 11.0 Å². The Bertz CT molecular complexity index is 153. The van der Waals surface area contributed by atoms with Crippen molar-refractivity contribution in [3.63, 3.8) is 0 Å². The van der Waals surface area contributed by atoms with Crippen LogP contribution in [0, 0.1) is 0 Å². The van der Waals surface area contributed by atoms with E-state index >= 15 is 0 Å². The molecule has 0 aliphatic carbocycles. The molecule has 0 amide bonds. The van der Waals surface area contributed by atoms with E-state index < -0.39 is 0 Å². The summed E-state index contributed by atoms with van der Waals surface area (Å²) in [6, 6.07) is 0. The number of ether oxygens (including phenoxy) is 1. The number of rotatable bonds is 3. The molecule has 0 spiro atoms. The zero-order chi connectivity index (χ0) is 8.97. The third-order valence-electron chi connectivity index (χ3n) is 2.14. The van der Waals surface area contributed by atoms with Gasteiger partial charge in [0.15, 0.2) is 0 Å². The molecule has 1 unspecified atom stereocenters. The van der Waals surface area contributed by atoms with Gasteiger partial charge in [-0.25, -0.2) is 0 Å². The van der Waals surface area contributed by atoms with Crippen LogP contribution in [-0.2, 0) is 9.53 Å². The third-order valence-corrected chi connectivity index (χ3v) is 3.73. The highest BCUT2D eigenvalue weighted by Crippen LogP contribution is 2.26. The third kappa shape index (κ3) is 3.15. The number of thioether (sulfide) groups is 1. The van der Waals surface area contributed by atoms with Crippen molar-refractivity contribution in [2.45, 2.75) is 37.2 Å². The quantitative estimate of drug-likeness (QED) is 0.676. The maximum atomic E-state index is 11.0. The molecule has 0 radical (unpaired) electrons. The van der Waals surface area contributed by atoms with Crippen LogP contribution in [0.5, 0.6) is 0 Å². The molecule has 0 aromatic heterocycles. The maximum absolute atomic E-state index is 11.0. The van der Waals surface area contributed by atoms with E-state index in [0.29, 0.717) is 5.25 Å². The van der Waals surface area contributed by atoms with E-state index in [1.165, 1.54) is 0 Å². The van der Waals surface area contributed by atoms with Gasteiger partial charge in [-0.05, 0) is 26.7 Å². The first-order valence-electron chi connectivity index (χ1n) is 4.44. The highest BCUT2D eigenvalue weighted by Gasteiger charge is 2.18. The second-order valence-corrected chi connectivity index (χ2v) is 4.85. The molecule has 1 saturated heterocycles. The van der Waals surface area contributed by atoms with Crippen LogP contribution in [0.2, 0.25) is 0 Å². The lowest BCUT2D eigenvalue weighted by Crippen LogP contribution is -2.22. The number of ketones is 1. The highest BCUT2D eigenvalue weighted by molar-refractivity contribution is 8.01. The monoisotopic (exact) mass is 188 g/mol. The van der Waals surface area contributed by atoms with Crippen LogP contribution in [0.1, 0.15) is 26.7 Å². The molecular weight excluding hydrogens is 172 g/mol. The van der Waals surface area contributed by atoms with E-state index in [0.717, 1.165) is 26.1 Å². The normalized spacial score (nSPS) is 22.2. The molecule has 1 fully saturated rings. The van der Waals surface area contributed by atoms with Crippen LogP contribution in [0.3, 0.4) is 0 Å². The minimum Gasteiger partial charge on any atom is -0.381 e. The minimum atomic E-state index is 0.160. The van der Waals surface area contributed by atoms with Crippen LogP contribution < -0.4 is 0 Å². The zero-order valence-electron chi connectivity index (χ0n) is 7.71. The van der Waals surface area contributed by atoms with Gasteiger partial charge in [0, 0.05) is 18.5 Å². The summed E-state index contributed by atoms with van der Waals surface area (Å²) in [4.78, 5) is 11.0. The van der Waals surface area contributed by atoms with Gasteiger partial charge >= 0.3 is 0 Å². The van der Waals surface area contributed by atoms with Crippen molar-refractivity contribution in [2.75, 3.05) is 13.2 Å². The predicted octanol–water partition coefficient (Wildman–Crippen LogP) is 1.88. The number of hydrogen-bond acceptors (Lipinski definition) is 3. The Balaban J connectivity index is 2.24. The molecular formula is C9H16O2S. The molecule has 0 saturated carbocycles. The first-order valence-corrected chi connectivity index (χ1v) is 5.38. The van der Waals surface area contributed by atoms with Gasteiger partial charge in [-0.15, -0.1) is 11.8 Å². The average Bonchev–Trinajstić information content (AvgIpc) is 2.06. The van der Waals surface area contributed by atoms with Gasteiger partial charge in [-0.1, -0.05) is 0 Å². The van der Waals surface area contributed by atoms with Crippen molar-refractivity contribution in [2.24, 2.45) is 0 Å².